The highest BCUT2D eigenvalue weighted by Crippen LogP contribution is 2.51. The molecule has 0 saturated heterocycles. The maximum Gasteiger partial charge on any atom is 0.282 e. The first-order chi connectivity index (χ1) is 19.6. The van der Waals surface area contributed by atoms with Crippen LogP contribution in [0.15, 0.2) is 59.9 Å². The Hall–Kier alpha value is -4.10. The Morgan fingerprint density at radius 1 is 1.20 bits per heavy atom. The van der Waals surface area contributed by atoms with Gasteiger partial charge in [0.2, 0.25) is 5.95 Å². The number of aryl methyl sites for hydroxylation is 2. The predicted molar refractivity (Wildman–Crippen MR) is 147 cm³/mol. The molecular weight excluding hydrogens is 547 g/mol. The summed E-state index contributed by atoms with van der Waals surface area (Å²) in [5, 5.41) is 8.33. The van der Waals surface area contributed by atoms with Gasteiger partial charge >= 0.3 is 0 Å². The van der Waals surface area contributed by atoms with Gasteiger partial charge in [-0.15, -0.1) is 5.10 Å². The lowest BCUT2D eigenvalue weighted by Gasteiger charge is -2.46. The van der Waals surface area contributed by atoms with Gasteiger partial charge in [-0.3, -0.25) is 14.5 Å². The number of carbonyl (C=O) groups excluding carboxylic acids is 1. The fourth-order valence-corrected chi connectivity index (χ4v) is 7.64. The maximum atomic E-state index is 14.4. The van der Waals surface area contributed by atoms with Crippen LogP contribution in [0.1, 0.15) is 53.5 Å². The van der Waals surface area contributed by atoms with E-state index in [0.29, 0.717) is 30.6 Å². The molecule has 0 N–H and O–H groups in total. The van der Waals surface area contributed by atoms with Gasteiger partial charge in [0.1, 0.15) is 12.0 Å². The number of ketones is 1. The minimum atomic E-state index is -4.00. The highest BCUT2D eigenvalue weighted by atomic mass is 32.2. The largest absolute Gasteiger partial charge is 0.291 e. The predicted octanol–water partition coefficient (Wildman–Crippen LogP) is 3.31. The third kappa shape index (κ3) is 4.58. The Bertz CT molecular complexity index is 1780. The van der Waals surface area contributed by atoms with E-state index in [1.54, 1.807) is 43.2 Å². The Kier molecular flexibility index (Phi) is 6.65. The lowest BCUT2D eigenvalue weighted by atomic mass is 9.60. The Morgan fingerprint density at radius 3 is 2.71 bits per heavy atom. The number of rotatable bonds is 7. The molecule has 11 nitrogen and oxygen atoms in total. The number of nitrogens with zero attached hydrogens (tertiary/aromatic N) is 8. The number of sulfonamides is 1. The number of Topliss-reactive ketones (excluding diaryl/α,β-unsaturated/α-hetero) is 1. The third-order valence-electron chi connectivity index (χ3n) is 8.01. The topological polar surface area (TPSA) is 129 Å². The second-order valence-electron chi connectivity index (χ2n) is 10.6. The Balaban J connectivity index is 1.44. The summed E-state index contributed by atoms with van der Waals surface area (Å²) in [6.07, 6.45) is 9.69. The summed E-state index contributed by atoms with van der Waals surface area (Å²) in [7, 11) is -2.38. The number of fused-ring (bicyclic) bond motifs is 2. The van der Waals surface area contributed by atoms with Crippen LogP contribution in [-0.4, -0.2) is 65.6 Å². The molecule has 4 aromatic rings. The van der Waals surface area contributed by atoms with Crippen molar-refractivity contribution in [3.63, 3.8) is 0 Å². The Labute approximate surface area is 236 Å². The van der Waals surface area contributed by atoms with E-state index in [2.05, 4.69) is 25.1 Å². The standard InChI is InChI=1S/C28H29FN8O3S/c1-4-36(41(39,40)27-32-17-35(3)34-27)21-6-5-20-12-24-19(15-33-37(24)22-7-8-25(29)31-16-22)13-28(20,14-21)26(38)23-11-18(2)9-10-30-23/h7-12,15-17,21H,4-6,13-14H2,1-3H3/t21-,28-/m0/s1. The highest BCUT2D eigenvalue weighted by molar-refractivity contribution is 7.89. The van der Waals surface area contributed by atoms with Gasteiger partial charge in [0.15, 0.2) is 5.78 Å². The second-order valence-corrected chi connectivity index (χ2v) is 12.4. The number of pyridine rings is 2. The molecular formula is C28H29FN8O3S. The lowest BCUT2D eigenvalue weighted by molar-refractivity contribution is 0.0739. The summed E-state index contributed by atoms with van der Waals surface area (Å²) >= 11 is 0. The number of aromatic nitrogens is 7. The van der Waals surface area contributed by atoms with E-state index >= 15 is 0 Å². The Morgan fingerprint density at radius 2 is 2.02 bits per heavy atom. The van der Waals surface area contributed by atoms with Crippen LogP contribution in [0.3, 0.4) is 0 Å². The van der Waals surface area contributed by atoms with Gasteiger partial charge in [0, 0.05) is 25.8 Å². The van der Waals surface area contributed by atoms with Crippen LogP contribution in [0.25, 0.3) is 11.8 Å². The van der Waals surface area contributed by atoms with Crippen LogP contribution in [0.2, 0.25) is 0 Å². The van der Waals surface area contributed by atoms with Crippen LogP contribution < -0.4 is 0 Å². The first-order valence-corrected chi connectivity index (χ1v) is 14.8. The van der Waals surface area contributed by atoms with Gasteiger partial charge in [-0.1, -0.05) is 12.5 Å². The average molecular weight is 577 g/mol. The molecule has 0 radical (unpaired) electrons. The highest BCUT2D eigenvalue weighted by Gasteiger charge is 2.51. The molecule has 6 rings (SSSR count). The van der Waals surface area contributed by atoms with E-state index in [9.17, 15) is 17.6 Å². The molecule has 2 atom stereocenters. The van der Waals surface area contributed by atoms with Crippen LogP contribution in [0.5, 0.6) is 0 Å². The number of carbonyl (C=O) groups is 1. The van der Waals surface area contributed by atoms with E-state index < -0.39 is 27.4 Å². The minimum Gasteiger partial charge on any atom is -0.291 e. The third-order valence-corrected chi connectivity index (χ3v) is 9.83. The summed E-state index contributed by atoms with van der Waals surface area (Å²) in [6.45, 7) is 3.89. The van der Waals surface area contributed by atoms with E-state index in [4.69, 9.17) is 0 Å². The lowest BCUT2D eigenvalue weighted by Crippen LogP contribution is -2.50. The van der Waals surface area contributed by atoms with Gasteiger partial charge in [0.25, 0.3) is 15.2 Å². The van der Waals surface area contributed by atoms with Crippen molar-refractivity contribution in [2.45, 2.75) is 50.7 Å². The zero-order chi connectivity index (χ0) is 28.9. The number of hydrogen-bond donors (Lipinski definition) is 0. The molecule has 0 spiro atoms. The van der Waals surface area contributed by atoms with Crippen molar-refractivity contribution >= 4 is 21.9 Å². The summed E-state index contributed by atoms with van der Waals surface area (Å²) in [5.74, 6) is -0.735. The van der Waals surface area contributed by atoms with Gasteiger partial charge < -0.3 is 0 Å². The summed E-state index contributed by atoms with van der Waals surface area (Å²) in [6, 6.07) is 6.02. The van der Waals surface area contributed by atoms with Crippen molar-refractivity contribution in [1.29, 1.82) is 0 Å². The normalized spacial score (nSPS) is 20.4. The van der Waals surface area contributed by atoms with Gasteiger partial charge in [-0.05, 0) is 74.1 Å². The van der Waals surface area contributed by atoms with Crippen molar-refractivity contribution in [3.8, 4) is 5.69 Å². The molecule has 1 saturated carbocycles. The van der Waals surface area contributed by atoms with Crippen molar-refractivity contribution in [2.75, 3.05) is 6.54 Å². The molecule has 0 amide bonds. The summed E-state index contributed by atoms with van der Waals surface area (Å²) in [5.41, 5.74) is 3.35. The molecule has 0 aromatic carbocycles. The minimum absolute atomic E-state index is 0.150. The maximum absolute atomic E-state index is 14.4. The molecule has 1 fully saturated rings. The fourth-order valence-electron chi connectivity index (χ4n) is 6.10. The van der Waals surface area contributed by atoms with E-state index in [0.717, 1.165) is 22.4 Å². The molecule has 212 valence electrons. The van der Waals surface area contributed by atoms with Crippen molar-refractivity contribution < 1.29 is 17.6 Å². The monoisotopic (exact) mass is 576 g/mol. The van der Waals surface area contributed by atoms with E-state index in [-0.39, 0.29) is 23.9 Å². The number of hydrogen-bond acceptors (Lipinski definition) is 8. The number of allylic oxidation sites excluding steroid dienone is 1. The average Bonchev–Trinajstić information content (AvgIpc) is 3.58. The van der Waals surface area contributed by atoms with E-state index in [1.165, 1.54) is 27.6 Å². The van der Waals surface area contributed by atoms with Crippen molar-refractivity contribution in [3.05, 3.63) is 83.2 Å². The van der Waals surface area contributed by atoms with Crippen molar-refractivity contribution in [1.82, 2.24) is 38.8 Å². The number of halogens is 1. The van der Waals surface area contributed by atoms with Crippen LogP contribution in [0.4, 0.5) is 4.39 Å². The zero-order valence-electron chi connectivity index (χ0n) is 22.9. The second kappa shape index (κ2) is 10.1. The molecule has 13 heteroatoms. The summed E-state index contributed by atoms with van der Waals surface area (Å²) in [4.78, 5) is 26.6. The fraction of sp³-hybridized carbons (Fsp3) is 0.357. The SMILES string of the molecule is CCN([C@H]1CCC2=Cc3c(cnn3-c3ccc(F)nc3)C[C@]2(C(=O)c2cc(C)ccn2)C1)S(=O)(=O)c1ncn(C)n1. The van der Waals surface area contributed by atoms with Crippen LogP contribution in [0, 0.1) is 18.3 Å². The molecule has 4 aromatic heterocycles. The molecule has 4 heterocycles. The van der Waals surface area contributed by atoms with Gasteiger partial charge in [-0.25, -0.2) is 23.1 Å². The zero-order valence-corrected chi connectivity index (χ0v) is 23.7. The van der Waals surface area contributed by atoms with E-state index in [1.807, 2.05) is 19.1 Å². The van der Waals surface area contributed by atoms with Crippen LogP contribution in [-0.2, 0) is 23.5 Å². The van der Waals surface area contributed by atoms with Gasteiger partial charge in [0.05, 0.1) is 29.2 Å². The molecule has 2 aliphatic rings. The first-order valence-electron chi connectivity index (χ1n) is 13.4. The van der Waals surface area contributed by atoms with Crippen molar-refractivity contribution in [2.24, 2.45) is 12.5 Å². The smallest absolute Gasteiger partial charge is 0.282 e. The molecule has 0 unspecified atom stereocenters. The van der Waals surface area contributed by atoms with Crippen LogP contribution >= 0.6 is 0 Å². The molecule has 0 aliphatic heterocycles. The van der Waals surface area contributed by atoms with Gasteiger partial charge in [-0.2, -0.15) is 13.8 Å². The molecule has 41 heavy (non-hydrogen) atoms. The molecule has 0 bridgehead atoms. The molecule has 2 aliphatic carbocycles. The first kappa shape index (κ1) is 27.1. The summed E-state index contributed by atoms with van der Waals surface area (Å²) < 4.78 is 45.2. The quantitative estimate of drug-likeness (QED) is 0.242.